The molecule has 82 valence electrons. The monoisotopic (exact) mass is 206 g/mol. The molecule has 2 rings (SSSR count). The van der Waals surface area contributed by atoms with Crippen molar-refractivity contribution in [2.45, 2.75) is 19.4 Å². The first-order valence-corrected chi connectivity index (χ1v) is 5.11. The van der Waals surface area contributed by atoms with Gasteiger partial charge in [-0.2, -0.15) is 0 Å². The number of carbonyl (C=O) groups excluding carboxylic acids is 1. The van der Waals surface area contributed by atoms with Gasteiger partial charge in [-0.3, -0.25) is 4.79 Å². The van der Waals surface area contributed by atoms with Crippen LogP contribution in [0.4, 0.5) is 0 Å². The van der Waals surface area contributed by atoms with Gasteiger partial charge in [0, 0.05) is 26.1 Å². The van der Waals surface area contributed by atoms with Crippen molar-refractivity contribution in [1.82, 2.24) is 4.90 Å². The molecule has 1 heterocycles. The number of hydrogen-bond donors (Lipinski definition) is 1. The van der Waals surface area contributed by atoms with Gasteiger partial charge in [-0.25, -0.2) is 0 Å². The Hall–Kier alpha value is -1.35. The molecule has 1 amide bonds. The minimum atomic E-state index is 0.0764. The molecule has 0 bridgehead atoms. The third kappa shape index (κ3) is 4.13. The van der Waals surface area contributed by atoms with E-state index < -0.39 is 0 Å². The predicted octanol–water partition coefficient (Wildman–Crippen LogP) is 1.17. The van der Waals surface area contributed by atoms with Gasteiger partial charge in [-0.05, 0) is 6.92 Å². The van der Waals surface area contributed by atoms with Gasteiger partial charge in [0.1, 0.15) is 0 Å². The summed E-state index contributed by atoms with van der Waals surface area (Å²) in [6.07, 6.45) is 0.524. The molecule has 0 aliphatic carbocycles. The highest BCUT2D eigenvalue weighted by atomic mass is 16.2. The number of nitrogens with zero attached hydrogens (tertiary/aromatic N) is 1. The lowest BCUT2D eigenvalue weighted by atomic mass is 10.2. The fourth-order valence-corrected chi connectivity index (χ4v) is 1.43. The number of nitrogens with two attached hydrogens (primary N) is 1. The average molecular weight is 206 g/mol. The fraction of sp³-hybridized carbons (Fsp3) is 0.417. The van der Waals surface area contributed by atoms with Gasteiger partial charge >= 0.3 is 0 Å². The van der Waals surface area contributed by atoms with Crippen LogP contribution in [0, 0.1) is 6.92 Å². The molecule has 0 spiro atoms. The van der Waals surface area contributed by atoms with Gasteiger partial charge in [-0.15, -0.1) is 0 Å². The Morgan fingerprint density at radius 2 is 1.93 bits per heavy atom. The van der Waals surface area contributed by atoms with Crippen LogP contribution in [-0.4, -0.2) is 30.4 Å². The van der Waals surface area contributed by atoms with Crippen molar-refractivity contribution in [3.05, 3.63) is 35.9 Å². The first kappa shape index (κ1) is 11.7. The summed E-state index contributed by atoms with van der Waals surface area (Å²) in [7, 11) is 1.77. The van der Waals surface area contributed by atoms with Crippen molar-refractivity contribution in [3.63, 3.8) is 0 Å². The molecular weight excluding hydrogens is 188 g/mol. The van der Waals surface area contributed by atoms with Gasteiger partial charge in [0.2, 0.25) is 5.91 Å². The van der Waals surface area contributed by atoms with Crippen molar-refractivity contribution < 1.29 is 4.79 Å². The molecule has 1 aliphatic heterocycles. The number of hydrogen-bond acceptors (Lipinski definition) is 2. The topological polar surface area (TPSA) is 46.3 Å². The molecule has 0 radical (unpaired) electrons. The summed E-state index contributed by atoms with van der Waals surface area (Å²) in [5.41, 5.74) is 6.77. The van der Waals surface area contributed by atoms with E-state index in [4.69, 9.17) is 5.73 Å². The minimum Gasteiger partial charge on any atom is -0.344 e. The standard InChI is InChI=1S/C7H8.C5H10N2O/c1-7-5-3-2-4-6-7;1-7-3-4(6)2-5(7)8/h2-6H,1H3;4H,2-3,6H2,1H3. The number of carbonyl (C=O) groups is 1. The summed E-state index contributed by atoms with van der Waals surface area (Å²) in [4.78, 5) is 12.3. The van der Waals surface area contributed by atoms with Crippen LogP contribution in [0.5, 0.6) is 0 Å². The first-order chi connectivity index (χ1) is 7.09. The number of rotatable bonds is 0. The molecule has 1 saturated heterocycles. The van der Waals surface area contributed by atoms with Gasteiger partial charge in [0.15, 0.2) is 0 Å². The van der Waals surface area contributed by atoms with Gasteiger partial charge in [-0.1, -0.05) is 35.9 Å². The van der Waals surface area contributed by atoms with Crippen LogP contribution in [0.15, 0.2) is 30.3 Å². The Morgan fingerprint density at radius 1 is 1.33 bits per heavy atom. The predicted molar refractivity (Wildman–Crippen MR) is 61.4 cm³/mol. The molecule has 3 nitrogen and oxygen atoms in total. The molecule has 1 fully saturated rings. The second-order valence-electron chi connectivity index (χ2n) is 3.89. The van der Waals surface area contributed by atoms with E-state index in [9.17, 15) is 4.79 Å². The summed E-state index contributed by atoms with van der Waals surface area (Å²) < 4.78 is 0. The lowest BCUT2D eigenvalue weighted by Gasteiger charge is -2.04. The van der Waals surface area contributed by atoms with Crippen molar-refractivity contribution in [3.8, 4) is 0 Å². The second kappa shape index (κ2) is 5.51. The van der Waals surface area contributed by atoms with E-state index in [0.717, 1.165) is 6.54 Å². The third-order valence-electron chi connectivity index (χ3n) is 2.31. The molecule has 2 N–H and O–H groups in total. The molecule has 1 aromatic carbocycles. The second-order valence-corrected chi connectivity index (χ2v) is 3.89. The Morgan fingerprint density at radius 3 is 2.13 bits per heavy atom. The average Bonchev–Trinajstić information content (AvgIpc) is 2.46. The maximum atomic E-state index is 10.6. The molecule has 15 heavy (non-hydrogen) atoms. The van der Waals surface area contributed by atoms with Crippen LogP contribution in [0.1, 0.15) is 12.0 Å². The Balaban J connectivity index is 0.000000151. The lowest BCUT2D eigenvalue weighted by molar-refractivity contribution is -0.126. The zero-order valence-electron chi connectivity index (χ0n) is 9.31. The van der Waals surface area contributed by atoms with Crippen molar-refractivity contribution in [2.75, 3.05) is 13.6 Å². The highest BCUT2D eigenvalue weighted by Gasteiger charge is 2.22. The van der Waals surface area contributed by atoms with E-state index in [1.54, 1.807) is 11.9 Å². The minimum absolute atomic E-state index is 0.0764. The van der Waals surface area contributed by atoms with Crippen LogP contribution in [-0.2, 0) is 4.79 Å². The van der Waals surface area contributed by atoms with E-state index in [0.29, 0.717) is 6.42 Å². The fourth-order valence-electron chi connectivity index (χ4n) is 1.43. The number of amides is 1. The molecule has 1 aliphatic rings. The van der Waals surface area contributed by atoms with Crippen LogP contribution in [0.3, 0.4) is 0 Å². The van der Waals surface area contributed by atoms with Crippen LogP contribution in [0.2, 0.25) is 0 Å². The molecule has 0 aromatic heterocycles. The first-order valence-electron chi connectivity index (χ1n) is 5.11. The summed E-state index contributed by atoms with van der Waals surface area (Å²) in [6, 6.07) is 10.3. The largest absolute Gasteiger partial charge is 0.344 e. The maximum Gasteiger partial charge on any atom is 0.223 e. The maximum absolute atomic E-state index is 10.6. The number of likely N-dealkylation sites (tertiary alicyclic amines) is 1. The highest BCUT2D eigenvalue weighted by Crippen LogP contribution is 2.04. The van der Waals surface area contributed by atoms with Crippen LogP contribution < -0.4 is 5.73 Å². The SMILES string of the molecule is CN1CC(N)CC1=O.Cc1ccccc1. The quantitative estimate of drug-likeness (QED) is 0.692. The molecule has 1 unspecified atom stereocenters. The van der Waals surface area contributed by atoms with Crippen LogP contribution in [0.25, 0.3) is 0 Å². The third-order valence-corrected chi connectivity index (χ3v) is 2.31. The summed E-state index contributed by atoms with van der Waals surface area (Å²) in [5, 5.41) is 0. The Labute approximate surface area is 90.9 Å². The van der Waals surface area contributed by atoms with Crippen molar-refractivity contribution in [2.24, 2.45) is 5.73 Å². The zero-order chi connectivity index (χ0) is 11.3. The van der Waals surface area contributed by atoms with E-state index in [1.807, 2.05) is 18.2 Å². The Kier molecular flexibility index (Phi) is 4.31. The van der Waals surface area contributed by atoms with E-state index in [1.165, 1.54) is 5.56 Å². The molecule has 0 saturated carbocycles. The van der Waals surface area contributed by atoms with E-state index in [2.05, 4.69) is 19.1 Å². The highest BCUT2D eigenvalue weighted by molar-refractivity contribution is 5.78. The summed E-state index contributed by atoms with van der Waals surface area (Å²) in [5.74, 6) is 0.164. The van der Waals surface area contributed by atoms with E-state index in [-0.39, 0.29) is 11.9 Å². The summed E-state index contributed by atoms with van der Waals surface area (Å²) in [6.45, 7) is 2.80. The number of likely N-dealkylation sites (N-methyl/N-ethyl adjacent to an activating group) is 1. The zero-order valence-corrected chi connectivity index (χ0v) is 9.31. The number of benzene rings is 1. The van der Waals surface area contributed by atoms with E-state index >= 15 is 0 Å². The van der Waals surface area contributed by atoms with Gasteiger partial charge in [0.05, 0.1) is 0 Å². The molecular formula is C12H18N2O. The lowest BCUT2D eigenvalue weighted by Crippen LogP contribution is -2.24. The Bertz CT molecular complexity index is 311. The smallest absolute Gasteiger partial charge is 0.223 e. The van der Waals surface area contributed by atoms with Crippen LogP contribution >= 0.6 is 0 Å². The van der Waals surface area contributed by atoms with Gasteiger partial charge < -0.3 is 10.6 Å². The molecule has 1 atom stereocenters. The van der Waals surface area contributed by atoms with Crippen molar-refractivity contribution in [1.29, 1.82) is 0 Å². The summed E-state index contributed by atoms with van der Waals surface area (Å²) >= 11 is 0. The molecule has 3 heteroatoms. The normalized spacial score (nSPS) is 19.8. The van der Waals surface area contributed by atoms with Crippen molar-refractivity contribution >= 4 is 5.91 Å². The number of aryl methyl sites for hydroxylation is 1. The molecule has 1 aromatic rings. The van der Waals surface area contributed by atoms with Gasteiger partial charge in [0.25, 0.3) is 0 Å².